The van der Waals surface area contributed by atoms with E-state index in [-0.39, 0.29) is 6.03 Å². The average molecular weight is 383 g/mol. The van der Waals surface area contributed by atoms with Gasteiger partial charge in [0.2, 0.25) is 0 Å². The molecule has 0 saturated carbocycles. The van der Waals surface area contributed by atoms with Gasteiger partial charge in [0.1, 0.15) is 0 Å². The summed E-state index contributed by atoms with van der Waals surface area (Å²) < 4.78 is 1.84. The molecule has 144 valence electrons. The van der Waals surface area contributed by atoms with Crippen molar-refractivity contribution >= 4 is 11.7 Å². The number of hydrogen-bond acceptors (Lipinski definition) is 3. The molecule has 2 aromatic heterocycles. The van der Waals surface area contributed by atoms with Gasteiger partial charge in [0.15, 0.2) is 0 Å². The van der Waals surface area contributed by atoms with Crippen molar-refractivity contribution < 1.29 is 4.79 Å². The molecule has 0 aliphatic heterocycles. The van der Waals surface area contributed by atoms with Gasteiger partial charge < -0.3 is 10.6 Å². The number of amides is 2. The lowest BCUT2D eigenvalue weighted by Crippen LogP contribution is -2.28. The fraction of sp³-hybridized carbons (Fsp3) is 0.0870. The molecule has 0 spiro atoms. The quantitative estimate of drug-likeness (QED) is 0.530. The molecule has 0 aliphatic rings. The van der Waals surface area contributed by atoms with Gasteiger partial charge in [-0.2, -0.15) is 5.10 Å². The molecule has 2 amide bonds. The van der Waals surface area contributed by atoms with E-state index in [4.69, 9.17) is 5.10 Å². The van der Waals surface area contributed by atoms with E-state index in [1.807, 2.05) is 78.5 Å². The minimum Gasteiger partial charge on any atom is -0.334 e. The predicted molar refractivity (Wildman–Crippen MR) is 114 cm³/mol. The molecule has 0 aliphatic carbocycles. The summed E-state index contributed by atoms with van der Waals surface area (Å²) in [7, 11) is 0. The van der Waals surface area contributed by atoms with Gasteiger partial charge in [-0.15, -0.1) is 0 Å². The molecule has 6 nitrogen and oxygen atoms in total. The minimum atomic E-state index is -0.272. The van der Waals surface area contributed by atoms with Gasteiger partial charge >= 0.3 is 6.03 Å². The summed E-state index contributed by atoms with van der Waals surface area (Å²) in [6.07, 6.45) is 5.32. The van der Waals surface area contributed by atoms with Crippen molar-refractivity contribution in [3.63, 3.8) is 0 Å². The van der Waals surface area contributed by atoms with E-state index in [1.165, 1.54) is 0 Å². The van der Waals surface area contributed by atoms with Crippen molar-refractivity contribution in [3.8, 4) is 16.9 Å². The Bertz CT molecular complexity index is 1110. The first kappa shape index (κ1) is 18.4. The lowest BCUT2D eigenvalue weighted by atomic mass is 10.1. The molecule has 2 aromatic carbocycles. The summed E-state index contributed by atoms with van der Waals surface area (Å²) in [5.41, 5.74) is 5.39. The maximum Gasteiger partial charge on any atom is 0.319 e. The van der Waals surface area contributed by atoms with Gasteiger partial charge in [-0.3, -0.25) is 4.98 Å². The van der Waals surface area contributed by atoms with E-state index in [9.17, 15) is 4.79 Å². The molecular weight excluding hydrogens is 362 g/mol. The second-order valence-corrected chi connectivity index (χ2v) is 6.65. The molecule has 0 bridgehead atoms. The number of benzene rings is 2. The van der Waals surface area contributed by atoms with Gasteiger partial charge in [-0.1, -0.05) is 48.5 Å². The second-order valence-electron chi connectivity index (χ2n) is 6.65. The molecule has 2 heterocycles. The summed E-state index contributed by atoms with van der Waals surface area (Å²) in [5.74, 6) is 0. The number of para-hydroxylation sites is 1. The lowest BCUT2D eigenvalue weighted by Gasteiger charge is -2.09. The van der Waals surface area contributed by atoms with Gasteiger partial charge in [-0.05, 0) is 30.7 Å². The Hall–Kier alpha value is -3.93. The SMILES string of the molecule is Cc1cnccc1NC(=O)NCc1cn(-c2ccccc2)nc1-c1ccccc1. The largest absolute Gasteiger partial charge is 0.334 e. The highest BCUT2D eigenvalue weighted by Gasteiger charge is 2.13. The number of aromatic nitrogens is 3. The second kappa shape index (κ2) is 8.39. The van der Waals surface area contributed by atoms with E-state index in [0.29, 0.717) is 6.54 Å². The highest BCUT2D eigenvalue weighted by Crippen LogP contribution is 2.23. The van der Waals surface area contributed by atoms with Crippen LogP contribution < -0.4 is 10.6 Å². The summed E-state index contributed by atoms with van der Waals surface area (Å²) in [4.78, 5) is 16.4. The number of rotatable bonds is 5. The molecule has 0 radical (unpaired) electrons. The van der Waals surface area contributed by atoms with Crippen LogP contribution in [0, 0.1) is 6.92 Å². The topological polar surface area (TPSA) is 71.8 Å². The normalized spacial score (nSPS) is 10.5. The van der Waals surface area contributed by atoms with Crippen molar-refractivity contribution in [1.29, 1.82) is 0 Å². The number of nitrogens with zero attached hydrogens (tertiary/aromatic N) is 3. The highest BCUT2D eigenvalue weighted by atomic mass is 16.2. The predicted octanol–water partition coefficient (Wildman–Crippen LogP) is 4.56. The van der Waals surface area contributed by atoms with Crippen LogP contribution in [0.5, 0.6) is 0 Å². The molecule has 0 atom stereocenters. The molecule has 4 aromatic rings. The maximum atomic E-state index is 12.4. The van der Waals surface area contributed by atoms with Crippen molar-refractivity contribution in [2.24, 2.45) is 0 Å². The fourth-order valence-corrected chi connectivity index (χ4v) is 3.05. The molecule has 4 rings (SSSR count). The van der Waals surface area contributed by atoms with E-state index >= 15 is 0 Å². The Labute approximate surface area is 169 Å². The van der Waals surface area contributed by atoms with E-state index in [0.717, 1.165) is 33.8 Å². The number of nitrogens with one attached hydrogen (secondary N) is 2. The first-order valence-electron chi connectivity index (χ1n) is 9.35. The third-order valence-electron chi connectivity index (χ3n) is 4.57. The molecule has 0 saturated heterocycles. The summed E-state index contributed by atoms with van der Waals surface area (Å²) in [6, 6.07) is 21.4. The first-order chi connectivity index (χ1) is 14.2. The zero-order valence-corrected chi connectivity index (χ0v) is 16.0. The summed E-state index contributed by atoms with van der Waals surface area (Å²) >= 11 is 0. The minimum absolute atomic E-state index is 0.272. The number of carbonyl (C=O) groups is 1. The maximum absolute atomic E-state index is 12.4. The van der Waals surface area contributed by atoms with E-state index < -0.39 is 0 Å². The van der Waals surface area contributed by atoms with E-state index in [1.54, 1.807) is 18.5 Å². The standard InChI is InChI=1S/C23H21N5O/c1-17-14-24-13-12-21(17)26-23(29)25-15-19-16-28(20-10-6-3-7-11-20)27-22(19)18-8-4-2-5-9-18/h2-14,16H,15H2,1H3,(H2,24,25,26,29). The van der Waals surface area contributed by atoms with Crippen LogP contribution in [0.3, 0.4) is 0 Å². The van der Waals surface area contributed by atoms with Crippen molar-refractivity contribution in [2.45, 2.75) is 13.5 Å². The van der Waals surface area contributed by atoms with Gasteiger partial charge in [0.05, 0.1) is 11.4 Å². The number of hydrogen-bond donors (Lipinski definition) is 2. The van der Waals surface area contributed by atoms with Crippen molar-refractivity contribution in [1.82, 2.24) is 20.1 Å². The smallest absolute Gasteiger partial charge is 0.319 e. The Morgan fingerprint density at radius 3 is 2.45 bits per heavy atom. The average Bonchev–Trinajstić information content (AvgIpc) is 3.20. The number of carbonyl (C=O) groups excluding carboxylic acids is 1. The monoisotopic (exact) mass is 383 g/mol. The molecule has 29 heavy (non-hydrogen) atoms. The Kier molecular flexibility index (Phi) is 5.33. The molecule has 0 fully saturated rings. The third-order valence-corrected chi connectivity index (χ3v) is 4.57. The van der Waals surface area contributed by atoms with Crippen LogP contribution in [-0.4, -0.2) is 20.8 Å². The zero-order chi connectivity index (χ0) is 20.1. The van der Waals surface area contributed by atoms with Crippen LogP contribution in [0.2, 0.25) is 0 Å². The van der Waals surface area contributed by atoms with Crippen LogP contribution in [0.25, 0.3) is 16.9 Å². The molecule has 0 unspecified atom stereocenters. The molecule has 6 heteroatoms. The first-order valence-corrected chi connectivity index (χ1v) is 9.35. The van der Waals surface area contributed by atoms with Gasteiger partial charge in [0.25, 0.3) is 0 Å². The van der Waals surface area contributed by atoms with Crippen LogP contribution in [0.1, 0.15) is 11.1 Å². The van der Waals surface area contributed by atoms with Gasteiger partial charge in [0, 0.05) is 41.9 Å². The Morgan fingerprint density at radius 1 is 1.00 bits per heavy atom. The Morgan fingerprint density at radius 2 is 1.72 bits per heavy atom. The number of aryl methyl sites for hydroxylation is 1. The van der Waals surface area contributed by atoms with E-state index in [2.05, 4.69) is 15.6 Å². The Balaban J connectivity index is 1.56. The van der Waals surface area contributed by atoms with Gasteiger partial charge in [-0.25, -0.2) is 9.48 Å². The molecular formula is C23H21N5O. The summed E-state index contributed by atoms with van der Waals surface area (Å²) in [6.45, 7) is 2.26. The number of anilines is 1. The van der Waals surface area contributed by atoms with Crippen molar-refractivity contribution in [2.75, 3.05) is 5.32 Å². The van der Waals surface area contributed by atoms with Crippen LogP contribution in [0.15, 0.2) is 85.3 Å². The van der Waals surface area contributed by atoms with Crippen LogP contribution in [0.4, 0.5) is 10.5 Å². The van der Waals surface area contributed by atoms with Crippen molar-refractivity contribution in [3.05, 3.63) is 96.4 Å². The van der Waals surface area contributed by atoms with Crippen LogP contribution in [-0.2, 0) is 6.54 Å². The number of pyridine rings is 1. The third kappa shape index (κ3) is 4.32. The molecule has 2 N–H and O–H groups in total. The fourth-order valence-electron chi connectivity index (χ4n) is 3.05. The highest BCUT2D eigenvalue weighted by molar-refractivity contribution is 5.90. The summed E-state index contributed by atoms with van der Waals surface area (Å²) in [5, 5.41) is 10.6. The lowest BCUT2D eigenvalue weighted by molar-refractivity contribution is 0.251. The number of urea groups is 1. The zero-order valence-electron chi connectivity index (χ0n) is 16.0. The van der Waals surface area contributed by atoms with Crippen LogP contribution >= 0.6 is 0 Å².